The number of carbonyl (C=O) groups excluding carboxylic acids is 1. The number of hydrogen-bond acceptors (Lipinski definition) is 6. The first-order chi connectivity index (χ1) is 13.4. The monoisotopic (exact) mass is 385 g/mol. The fourth-order valence-corrected chi connectivity index (χ4v) is 4.20. The first-order valence-electron chi connectivity index (χ1n) is 9.50. The van der Waals surface area contributed by atoms with Crippen LogP contribution >= 0.6 is 0 Å². The quantitative estimate of drug-likeness (QED) is 0.749. The van der Waals surface area contributed by atoms with Crippen LogP contribution in [0, 0.1) is 0 Å². The molecule has 0 aliphatic carbocycles. The summed E-state index contributed by atoms with van der Waals surface area (Å²) in [7, 11) is 1.85. The van der Waals surface area contributed by atoms with Crippen LogP contribution in [0.1, 0.15) is 26.2 Å². The number of anilines is 2. The van der Waals surface area contributed by atoms with Crippen molar-refractivity contribution in [1.82, 2.24) is 15.5 Å². The Kier molecular flexibility index (Phi) is 4.89. The van der Waals surface area contributed by atoms with Gasteiger partial charge < -0.3 is 20.6 Å². The molecular formula is C20H24FN5O2. The number of aromatic hydroxyl groups is 1. The number of amides is 1. The van der Waals surface area contributed by atoms with Crippen molar-refractivity contribution in [3.05, 3.63) is 30.3 Å². The van der Waals surface area contributed by atoms with Crippen molar-refractivity contribution >= 4 is 17.4 Å². The van der Waals surface area contributed by atoms with Gasteiger partial charge in [0.05, 0.1) is 11.7 Å². The molecular weight excluding hydrogens is 361 g/mol. The molecule has 1 aromatic heterocycles. The van der Waals surface area contributed by atoms with Crippen LogP contribution in [-0.2, 0) is 4.79 Å². The van der Waals surface area contributed by atoms with Crippen LogP contribution in [0.15, 0.2) is 30.3 Å². The standard InChI is InChI=1S/C20H24FN5O2/c1-11(27)22-13-3-5-14(18(28)10-13)15-7-8-19(25-24-15)26(2)17-9-12-4-6-16(23-12)20(17)21/h3,5,7-8,10,12,16-17,20,23,28H,4,6,9H2,1-2H3,(H,22,27)/t12?,16?,17-,20+/m1/s1. The summed E-state index contributed by atoms with van der Waals surface area (Å²) in [6, 6.07) is 8.47. The van der Waals surface area contributed by atoms with Gasteiger partial charge in [-0.25, -0.2) is 4.39 Å². The third kappa shape index (κ3) is 3.52. The van der Waals surface area contributed by atoms with Crippen LogP contribution in [-0.4, -0.2) is 52.6 Å². The average molecular weight is 385 g/mol. The second kappa shape index (κ2) is 7.35. The lowest BCUT2D eigenvalue weighted by molar-refractivity contribution is -0.114. The minimum atomic E-state index is -0.935. The van der Waals surface area contributed by atoms with E-state index in [2.05, 4.69) is 20.8 Å². The largest absolute Gasteiger partial charge is 0.507 e. The molecule has 8 heteroatoms. The molecule has 4 rings (SSSR count). The number of nitrogens with one attached hydrogen (secondary N) is 2. The molecule has 2 saturated heterocycles. The van der Waals surface area contributed by atoms with Crippen LogP contribution in [0.25, 0.3) is 11.3 Å². The van der Waals surface area contributed by atoms with Crippen molar-refractivity contribution in [1.29, 1.82) is 0 Å². The number of fused-ring (bicyclic) bond motifs is 2. The van der Waals surface area contributed by atoms with Crippen LogP contribution in [0.4, 0.5) is 15.9 Å². The highest BCUT2D eigenvalue weighted by Crippen LogP contribution is 2.34. The number of aromatic nitrogens is 2. The highest BCUT2D eigenvalue weighted by Gasteiger charge is 2.43. The fourth-order valence-electron chi connectivity index (χ4n) is 4.20. The van der Waals surface area contributed by atoms with Gasteiger partial charge in [0.25, 0.3) is 0 Å². The number of nitrogens with zero attached hydrogens (tertiary/aromatic N) is 3. The van der Waals surface area contributed by atoms with Gasteiger partial charge in [-0.15, -0.1) is 10.2 Å². The maximum atomic E-state index is 14.8. The Morgan fingerprint density at radius 2 is 2.11 bits per heavy atom. The Morgan fingerprint density at radius 3 is 2.79 bits per heavy atom. The normalized spacial score (nSPS) is 26.1. The van der Waals surface area contributed by atoms with Crippen molar-refractivity contribution in [2.75, 3.05) is 17.3 Å². The average Bonchev–Trinajstić information content (AvgIpc) is 3.08. The summed E-state index contributed by atoms with van der Waals surface area (Å²) in [5.74, 6) is 0.393. The summed E-state index contributed by atoms with van der Waals surface area (Å²) in [5, 5.41) is 24.7. The predicted octanol–water partition coefficient (Wildman–Crippen LogP) is 2.47. The highest BCUT2D eigenvalue weighted by atomic mass is 19.1. The lowest BCUT2D eigenvalue weighted by atomic mass is 9.96. The lowest BCUT2D eigenvalue weighted by Gasteiger charge is -2.38. The minimum absolute atomic E-state index is 0.000377. The topological polar surface area (TPSA) is 90.4 Å². The van der Waals surface area contributed by atoms with Crippen LogP contribution in [0.3, 0.4) is 0 Å². The maximum absolute atomic E-state index is 14.8. The molecule has 0 saturated carbocycles. The highest BCUT2D eigenvalue weighted by molar-refractivity contribution is 5.89. The van der Waals surface area contributed by atoms with Gasteiger partial charge in [-0.1, -0.05) is 0 Å². The Hall–Kier alpha value is -2.74. The third-order valence-corrected chi connectivity index (χ3v) is 5.66. The first kappa shape index (κ1) is 18.6. The number of halogens is 1. The molecule has 4 atom stereocenters. The van der Waals surface area contributed by atoms with E-state index in [1.165, 1.54) is 13.0 Å². The van der Waals surface area contributed by atoms with E-state index in [-0.39, 0.29) is 23.7 Å². The molecule has 1 aromatic carbocycles. The van der Waals surface area contributed by atoms with Gasteiger partial charge in [-0.2, -0.15) is 0 Å². The Morgan fingerprint density at radius 1 is 1.29 bits per heavy atom. The Balaban J connectivity index is 1.52. The van der Waals surface area contributed by atoms with Gasteiger partial charge in [0, 0.05) is 43.4 Å². The van der Waals surface area contributed by atoms with Gasteiger partial charge in [0.1, 0.15) is 11.9 Å². The summed E-state index contributed by atoms with van der Waals surface area (Å²) in [4.78, 5) is 13.0. The molecule has 2 unspecified atom stereocenters. The number of rotatable bonds is 4. The molecule has 148 valence electrons. The van der Waals surface area contributed by atoms with E-state index in [9.17, 15) is 14.3 Å². The summed E-state index contributed by atoms with van der Waals surface area (Å²) in [5.41, 5.74) is 1.53. The Labute approximate surface area is 163 Å². The minimum Gasteiger partial charge on any atom is -0.507 e. The van der Waals surface area contributed by atoms with Crippen molar-refractivity contribution in [2.45, 2.75) is 50.5 Å². The zero-order valence-corrected chi connectivity index (χ0v) is 15.9. The number of piperidine rings is 1. The van der Waals surface area contributed by atoms with E-state index < -0.39 is 6.17 Å². The second-order valence-corrected chi connectivity index (χ2v) is 7.60. The van der Waals surface area contributed by atoms with Gasteiger partial charge in [-0.05, 0) is 43.5 Å². The third-order valence-electron chi connectivity index (χ3n) is 5.66. The zero-order valence-electron chi connectivity index (χ0n) is 15.9. The first-order valence-corrected chi connectivity index (χ1v) is 9.50. The summed E-state index contributed by atoms with van der Waals surface area (Å²) in [6.07, 6.45) is 1.72. The number of benzene rings is 1. The smallest absolute Gasteiger partial charge is 0.221 e. The second-order valence-electron chi connectivity index (χ2n) is 7.60. The maximum Gasteiger partial charge on any atom is 0.221 e. The van der Waals surface area contributed by atoms with Crippen molar-refractivity contribution < 1.29 is 14.3 Å². The van der Waals surface area contributed by atoms with E-state index in [1.54, 1.807) is 24.3 Å². The summed E-state index contributed by atoms with van der Waals surface area (Å²) in [6.45, 7) is 1.40. The van der Waals surface area contributed by atoms with Crippen LogP contribution in [0.5, 0.6) is 5.75 Å². The summed E-state index contributed by atoms with van der Waals surface area (Å²) < 4.78 is 14.8. The molecule has 3 N–H and O–H groups in total. The van der Waals surface area contributed by atoms with Gasteiger partial charge >= 0.3 is 0 Å². The molecule has 7 nitrogen and oxygen atoms in total. The molecule has 2 aliphatic rings. The molecule has 2 aliphatic heterocycles. The van der Waals surface area contributed by atoms with E-state index in [0.29, 0.717) is 28.8 Å². The van der Waals surface area contributed by atoms with E-state index in [4.69, 9.17) is 0 Å². The molecule has 2 bridgehead atoms. The molecule has 0 radical (unpaired) electrons. The molecule has 1 amide bonds. The van der Waals surface area contributed by atoms with E-state index in [0.717, 1.165) is 19.3 Å². The van der Waals surface area contributed by atoms with Gasteiger partial charge in [-0.3, -0.25) is 4.79 Å². The number of carbonyl (C=O) groups is 1. The van der Waals surface area contributed by atoms with Crippen molar-refractivity contribution in [3.8, 4) is 17.0 Å². The van der Waals surface area contributed by atoms with Gasteiger partial charge in [0.2, 0.25) is 5.91 Å². The predicted molar refractivity (Wildman–Crippen MR) is 105 cm³/mol. The molecule has 3 heterocycles. The van der Waals surface area contributed by atoms with Crippen LogP contribution < -0.4 is 15.5 Å². The lowest BCUT2D eigenvalue weighted by Crippen LogP contribution is -2.55. The zero-order chi connectivity index (χ0) is 19.8. The molecule has 2 aromatic rings. The SMILES string of the molecule is CC(=O)Nc1ccc(-c2ccc(N(C)[C@@H]3CC4CCC(N4)[C@@H]3F)nn2)c(O)c1. The van der Waals surface area contributed by atoms with E-state index in [1.807, 2.05) is 11.9 Å². The number of hydrogen-bond donors (Lipinski definition) is 3. The van der Waals surface area contributed by atoms with E-state index >= 15 is 0 Å². The van der Waals surface area contributed by atoms with Gasteiger partial charge in [0.15, 0.2) is 5.82 Å². The Bertz CT molecular complexity index is 875. The molecule has 0 spiro atoms. The molecule has 28 heavy (non-hydrogen) atoms. The van der Waals surface area contributed by atoms with Crippen molar-refractivity contribution in [3.63, 3.8) is 0 Å². The number of phenols is 1. The summed E-state index contributed by atoms with van der Waals surface area (Å²) >= 11 is 0. The van der Waals surface area contributed by atoms with Crippen LogP contribution in [0.2, 0.25) is 0 Å². The van der Waals surface area contributed by atoms with Crippen molar-refractivity contribution in [2.24, 2.45) is 0 Å². The fraction of sp³-hybridized carbons (Fsp3) is 0.450. The number of alkyl halides is 1. The number of phenolic OH excluding ortho intramolecular Hbond substituents is 1. The molecule has 2 fully saturated rings.